The lowest BCUT2D eigenvalue weighted by atomic mass is 10.2. The van der Waals surface area contributed by atoms with Crippen molar-refractivity contribution < 1.29 is 19.4 Å². The second-order valence-electron chi connectivity index (χ2n) is 6.74. The number of rotatable bonds is 9. The van der Waals surface area contributed by atoms with Gasteiger partial charge >= 0.3 is 5.97 Å². The van der Waals surface area contributed by atoms with Gasteiger partial charge in [0.1, 0.15) is 5.82 Å². The van der Waals surface area contributed by atoms with Crippen molar-refractivity contribution in [1.29, 1.82) is 0 Å². The van der Waals surface area contributed by atoms with E-state index in [2.05, 4.69) is 41.9 Å². The smallest absolute Gasteiger partial charge is 0.341 e. The summed E-state index contributed by atoms with van der Waals surface area (Å²) in [5.74, 6) is 0.137. The van der Waals surface area contributed by atoms with Crippen LogP contribution in [0.2, 0.25) is 0 Å². The van der Waals surface area contributed by atoms with E-state index in [1.54, 1.807) is 24.3 Å². The monoisotopic (exact) mass is 565 g/mol. The minimum absolute atomic E-state index is 0.265. The van der Waals surface area contributed by atoms with Crippen molar-refractivity contribution in [2.75, 3.05) is 13.2 Å². The zero-order valence-corrected chi connectivity index (χ0v) is 20.6. The molecule has 0 radical (unpaired) electrons. The number of hydrogen-bond acceptors (Lipinski definition) is 6. The highest BCUT2D eigenvalue weighted by molar-refractivity contribution is 9.10. The van der Waals surface area contributed by atoms with Crippen LogP contribution in [0.3, 0.4) is 0 Å². The number of hydrogen-bond donors (Lipinski definition) is 1. The number of fused-ring (bicyclic) bond motifs is 1. The van der Waals surface area contributed by atoms with Crippen molar-refractivity contribution in [1.82, 2.24) is 9.66 Å². The van der Waals surface area contributed by atoms with E-state index in [1.165, 1.54) is 10.9 Å². The molecule has 3 aromatic rings. The number of aliphatic carboxylic acids is 1. The summed E-state index contributed by atoms with van der Waals surface area (Å²) in [7, 11) is 0. The average molecular weight is 567 g/mol. The maximum atomic E-state index is 13.1. The third kappa shape index (κ3) is 5.55. The van der Waals surface area contributed by atoms with Gasteiger partial charge in [-0.25, -0.2) is 9.78 Å². The molecule has 0 aliphatic carbocycles. The van der Waals surface area contributed by atoms with Crippen LogP contribution in [-0.4, -0.2) is 40.2 Å². The van der Waals surface area contributed by atoms with Gasteiger partial charge in [0.2, 0.25) is 0 Å². The summed E-state index contributed by atoms with van der Waals surface area (Å²) in [6, 6.07) is 8.65. The Morgan fingerprint density at radius 2 is 1.94 bits per heavy atom. The Bertz CT molecular complexity index is 1240. The third-order valence-electron chi connectivity index (χ3n) is 4.38. The van der Waals surface area contributed by atoms with Gasteiger partial charge < -0.3 is 14.6 Å². The van der Waals surface area contributed by atoms with E-state index >= 15 is 0 Å². The fraction of sp³-hybridized carbons (Fsp3) is 0.273. The lowest BCUT2D eigenvalue weighted by molar-refractivity contribution is -0.139. The zero-order valence-electron chi connectivity index (χ0n) is 17.5. The van der Waals surface area contributed by atoms with Gasteiger partial charge in [0.15, 0.2) is 18.1 Å². The summed E-state index contributed by atoms with van der Waals surface area (Å²) in [6.07, 6.45) is 2.92. The molecule has 32 heavy (non-hydrogen) atoms. The number of halogens is 2. The minimum Gasteiger partial charge on any atom is -0.490 e. The summed E-state index contributed by atoms with van der Waals surface area (Å²) in [5.41, 5.74) is 0.978. The predicted octanol–water partition coefficient (Wildman–Crippen LogP) is 4.62. The lowest BCUT2D eigenvalue weighted by Gasteiger charge is -2.13. The molecule has 1 aromatic heterocycles. The number of carboxylic acids is 1. The standard InChI is InChI=1S/C22H21Br2N3O5/c1-3-5-20-26-17-7-6-14(23)9-15(17)22(30)27(20)25-11-13-8-18(31-4-2)19(10-16(13)24)32-12-21(28)29/h6-11H,3-5,12H2,1-2H3,(H,28,29). The maximum absolute atomic E-state index is 13.1. The van der Waals surface area contributed by atoms with Crippen LogP contribution in [0.1, 0.15) is 31.7 Å². The largest absolute Gasteiger partial charge is 0.490 e. The van der Waals surface area contributed by atoms with Crippen molar-refractivity contribution in [2.45, 2.75) is 26.7 Å². The molecular weight excluding hydrogens is 546 g/mol. The van der Waals surface area contributed by atoms with Crippen LogP contribution in [0.5, 0.6) is 11.5 Å². The van der Waals surface area contributed by atoms with Crippen molar-refractivity contribution in [3.8, 4) is 11.5 Å². The maximum Gasteiger partial charge on any atom is 0.341 e. The fourth-order valence-electron chi connectivity index (χ4n) is 2.99. The van der Waals surface area contributed by atoms with Gasteiger partial charge in [-0.15, -0.1) is 0 Å². The number of carbonyl (C=O) groups is 1. The SMILES string of the molecule is CCCc1nc2ccc(Br)cc2c(=O)n1N=Cc1cc(OCC)c(OCC(=O)O)cc1Br. The van der Waals surface area contributed by atoms with Gasteiger partial charge in [-0.05, 0) is 59.6 Å². The first-order valence-corrected chi connectivity index (χ1v) is 11.5. The van der Waals surface area contributed by atoms with Crippen LogP contribution in [0, 0.1) is 0 Å². The second-order valence-corrected chi connectivity index (χ2v) is 8.51. The number of benzene rings is 2. The molecule has 2 aromatic carbocycles. The molecule has 0 saturated carbocycles. The first kappa shape index (κ1) is 23.9. The molecule has 10 heteroatoms. The molecule has 0 unspecified atom stereocenters. The normalized spacial score (nSPS) is 11.2. The summed E-state index contributed by atoms with van der Waals surface area (Å²) >= 11 is 6.84. The third-order valence-corrected chi connectivity index (χ3v) is 5.56. The highest BCUT2D eigenvalue weighted by Gasteiger charge is 2.13. The van der Waals surface area contributed by atoms with E-state index in [-0.39, 0.29) is 5.56 Å². The van der Waals surface area contributed by atoms with Gasteiger partial charge in [-0.2, -0.15) is 9.78 Å². The number of aryl methyl sites for hydroxylation is 1. The number of nitrogens with zero attached hydrogens (tertiary/aromatic N) is 3. The summed E-state index contributed by atoms with van der Waals surface area (Å²) in [6.45, 7) is 3.69. The van der Waals surface area contributed by atoms with E-state index < -0.39 is 12.6 Å². The minimum atomic E-state index is -1.09. The molecule has 0 bridgehead atoms. The van der Waals surface area contributed by atoms with Crippen LogP contribution < -0.4 is 15.0 Å². The fourth-order valence-corrected chi connectivity index (χ4v) is 3.78. The lowest BCUT2D eigenvalue weighted by Crippen LogP contribution is -2.22. The molecule has 0 spiro atoms. The van der Waals surface area contributed by atoms with Crippen LogP contribution in [0.25, 0.3) is 10.9 Å². The first-order chi connectivity index (χ1) is 15.3. The summed E-state index contributed by atoms with van der Waals surface area (Å²) in [5, 5.41) is 13.8. The number of carboxylic acid groups (broad SMARTS) is 1. The second kappa shape index (κ2) is 10.7. The predicted molar refractivity (Wildman–Crippen MR) is 129 cm³/mol. The Balaban J connectivity index is 2.07. The Hall–Kier alpha value is -2.72. The van der Waals surface area contributed by atoms with Crippen molar-refractivity contribution in [3.05, 3.63) is 61.0 Å². The molecule has 1 N–H and O–H groups in total. The Morgan fingerprint density at radius 1 is 1.19 bits per heavy atom. The van der Waals surface area contributed by atoms with Gasteiger partial charge in [0.25, 0.3) is 5.56 Å². The highest BCUT2D eigenvalue weighted by Crippen LogP contribution is 2.33. The molecule has 168 valence electrons. The Kier molecular flexibility index (Phi) is 8.03. The Morgan fingerprint density at radius 3 is 2.62 bits per heavy atom. The Labute approximate surface area is 201 Å². The molecule has 0 aliphatic rings. The van der Waals surface area contributed by atoms with Gasteiger partial charge in [0.05, 0.1) is 23.7 Å². The molecule has 0 amide bonds. The molecule has 0 aliphatic heterocycles. The van der Waals surface area contributed by atoms with Crippen LogP contribution >= 0.6 is 31.9 Å². The molecule has 0 fully saturated rings. The van der Waals surface area contributed by atoms with E-state index in [9.17, 15) is 9.59 Å². The van der Waals surface area contributed by atoms with Gasteiger partial charge in [0, 0.05) is 20.9 Å². The van der Waals surface area contributed by atoms with Crippen molar-refractivity contribution >= 4 is 54.9 Å². The molecule has 0 atom stereocenters. The van der Waals surface area contributed by atoms with Crippen LogP contribution in [0.4, 0.5) is 0 Å². The van der Waals surface area contributed by atoms with E-state index in [4.69, 9.17) is 14.6 Å². The molecule has 3 rings (SSSR count). The summed E-state index contributed by atoms with van der Waals surface area (Å²) in [4.78, 5) is 28.6. The van der Waals surface area contributed by atoms with E-state index in [0.29, 0.717) is 51.3 Å². The summed E-state index contributed by atoms with van der Waals surface area (Å²) < 4.78 is 13.6. The van der Waals surface area contributed by atoms with Gasteiger partial charge in [-0.3, -0.25) is 4.79 Å². The highest BCUT2D eigenvalue weighted by atomic mass is 79.9. The number of ether oxygens (including phenoxy) is 2. The molecular formula is C22H21Br2N3O5. The first-order valence-electron chi connectivity index (χ1n) is 9.90. The molecule has 8 nitrogen and oxygen atoms in total. The average Bonchev–Trinajstić information content (AvgIpc) is 2.75. The van der Waals surface area contributed by atoms with Crippen LogP contribution in [-0.2, 0) is 11.2 Å². The van der Waals surface area contributed by atoms with E-state index in [0.717, 1.165) is 10.9 Å². The quantitative estimate of drug-likeness (QED) is 0.379. The zero-order chi connectivity index (χ0) is 23.3. The molecule has 1 heterocycles. The topological polar surface area (TPSA) is 103 Å². The van der Waals surface area contributed by atoms with E-state index in [1.807, 2.05) is 19.9 Å². The van der Waals surface area contributed by atoms with Crippen molar-refractivity contribution in [2.24, 2.45) is 5.10 Å². The molecule has 0 saturated heterocycles. The van der Waals surface area contributed by atoms with Crippen molar-refractivity contribution in [3.63, 3.8) is 0 Å². The van der Waals surface area contributed by atoms with Crippen LogP contribution in [0.15, 0.2) is 49.2 Å². The van der Waals surface area contributed by atoms with Gasteiger partial charge in [-0.1, -0.05) is 22.9 Å². The number of aromatic nitrogens is 2.